The molecule has 0 fully saturated rings. The van der Waals surface area contributed by atoms with Crippen molar-refractivity contribution in [3.05, 3.63) is 33.6 Å². The van der Waals surface area contributed by atoms with Crippen molar-refractivity contribution in [1.82, 2.24) is 25.8 Å². The summed E-state index contributed by atoms with van der Waals surface area (Å²) in [5.74, 6) is 0.0629. The van der Waals surface area contributed by atoms with Crippen LogP contribution in [0.1, 0.15) is 48.7 Å². The Morgan fingerprint density at radius 2 is 2.21 bits per heavy atom. The lowest BCUT2D eigenvalue weighted by molar-refractivity contribution is -0.117. The van der Waals surface area contributed by atoms with Gasteiger partial charge in [-0.25, -0.2) is 9.78 Å². The summed E-state index contributed by atoms with van der Waals surface area (Å²) in [7, 11) is 0. The Morgan fingerprint density at radius 3 is 2.96 bits per heavy atom. The third kappa shape index (κ3) is 6.75. The van der Waals surface area contributed by atoms with E-state index in [2.05, 4.69) is 31.9 Å². The number of carbonyl (C=O) groups excluding carboxylic acids is 2. The summed E-state index contributed by atoms with van der Waals surface area (Å²) >= 11 is 2.66. The molecule has 1 aliphatic carbocycles. The molecule has 0 radical (unpaired) electrons. The number of thiazole rings is 1. The first-order valence-electron chi connectivity index (χ1n) is 9.20. The van der Waals surface area contributed by atoms with Gasteiger partial charge in [-0.2, -0.15) is 0 Å². The Bertz CT molecular complexity index is 846. The lowest BCUT2D eigenvalue weighted by Gasteiger charge is -2.13. The molecule has 0 spiro atoms. The van der Waals surface area contributed by atoms with Gasteiger partial charge in [0.25, 0.3) is 5.22 Å². The number of carbonyl (C=O) groups is 2. The van der Waals surface area contributed by atoms with E-state index in [0.717, 1.165) is 41.7 Å². The van der Waals surface area contributed by atoms with Crippen LogP contribution in [0.15, 0.2) is 26.7 Å². The van der Waals surface area contributed by atoms with Gasteiger partial charge in [0.2, 0.25) is 11.8 Å². The minimum Gasteiger partial charge on any atom is -0.416 e. The molecule has 2 N–H and O–H groups in total. The summed E-state index contributed by atoms with van der Waals surface area (Å²) in [4.78, 5) is 28.0. The minimum absolute atomic E-state index is 0.0238. The van der Waals surface area contributed by atoms with Gasteiger partial charge in [0.1, 0.15) is 0 Å². The first-order chi connectivity index (χ1) is 13.6. The topological polar surface area (TPSA) is 110 Å². The van der Waals surface area contributed by atoms with Gasteiger partial charge in [-0.05, 0) is 39.0 Å². The predicted molar refractivity (Wildman–Crippen MR) is 107 cm³/mol. The number of aromatic nitrogens is 3. The van der Waals surface area contributed by atoms with Gasteiger partial charge in [-0.3, -0.25) is 10.1 Å². The van der Waals surface area contributed by atoms with Crippen molar-refractivity contribution in [2.24, 2.45) is 0 Å². The van der Waals surface area contributed by atoms with Crippen LogP contribution in [0.4, 0.5) is 4.79 Å². The number of nitrogens with zero attached hydrogens (tertiary/aromatic N) is 3. The summed E-state index contributed by atoms with van der Waals surface area (Å²) in [6.45, 7) is 2.46. The summed E-state index contributed by atoms with van der Waals surface area (Å²) in [5.41, 5.74) is 2.26. The van der Waals surface area contributed by atoms with E-state index in [-0.39, 0.29) is 5.75 Å². The molecule has 1 aliphatic rings. The van der Waals surface area contributed by atoms with Gasteiger partial charge in [-0.1, -0.05) is 23.4 Å². The predicted octanol–water partition coefficient (Wildman–Crippen LogP) is 3.23. The molecular formula is C18H23N5O3S2. The Kier molecular flexibility index (Phi) is 7.61. The maximum atomic E-state index is 11.9. The zero-order chi connectivity index (χ0) is 19.8. The van der Waals surface area contributed by atoms with Crippen LogP contribution in [0.2, 0.25) is 0 Å². The number of imide groups is 1. The highest BCUT2D eigenvalue weighted by molar-refractivity contribution is 7.99. The summed E-state index contributed by atoms with van der Waals surface area (Å²) < 4.78 is 5.50. The van der Waals surface area contributed by atoms with Crippen LogP contribution in [0.5, 0.6) is 0 Å². The lowest BCUT2D eigenvalue weighted by atomic mass is 9.97. The van der Waals surface area contributed by atoms with Crippen LogP contribution in [-0.2, 0) is 11.2 Å². The molecule has 2 aromatic heterocycles. The number of hydrogen-bond donors (Lipinski definition) is 2. The van der Waals surface area contributed by atoms with E-state index >= 15 is 0 Å². The van der Waals surface area contributed by atoms with E-state index in [1.165, 1.54) is 18.4 Å². The van der Waals surface area contributed by atoms with E-state index in [9.17, 15) is 9.59 Å². The summed E-state index contributed by atoms with van der Waals surface area (Å²) in [6.07, 6.45) is 8.23. The Hall–Kier alpha value is -2.20. The number of thioether (sulfide) groups is 1. The fourth-order valence-corrected chi connectivity index (χ4v) is 4.01. The van der Waals surface area contributed by atoms with Crippen LogP contribution >= 0.6 is 23.1 Å². The minimum atomic E-state index is -0.480. The first kappa shape index (κ1) is 20.5. The molecule has 150 valence electrons. The fourth-order valence-electron chi connectivity index (χ4n) is 2.81. The van der Waals surface area contributed by atoms with Crippen LogP contribution in [-0.4, -0.2) is 39.4 Å². The molecule has 0 saturated heterocycles. The molecule has 0 bridgehead atoms. The Morgan fingerprint density at radius 1 is 1.32 bits per heavy atom. The number of rotatable bonds is 8. The van der Waals surface area contributed by atoms with E-state index < -0.39 is 11.9 Å². The average molecular weight is 422 g/mol. The number of aryl methyl sites for hydroxylation is 1. The van der Waals surface area contributed by atoms with Gasteiger partial charge in [0.05, 0.1) is 22.9 Å². The number of nitrogens with one attached hydrogen (secondary N) is 2. The Labute approximate surface area is 171 Å². The van der Waals surface area contributed by atoms with E-state index in [4.69, 9.17) is 4.42 Å². The standard InChI is InChI=1S/C18H23N5O3S2/c1-12-20-14(10-27-12)9-16-22-23-18(26-16)28-11-15(24)21-17(25)19-8-7-13-5-3-2-4-6-13/h5,10H,2-4,6-9,11H2,1H3,(H2,19,21,24,25). The molecular weight excluding hydrogens is 398 g/mol. The lowest BCUT2D eigenvalue weighted by Crippen LogP contribution is -2.40. The van der Waals surface area contributed by atoms with Gasteiger partial charge in [0.15, 0.2) is 0 Å². The third-order valence-electron chi connectivity index (χ3n) is 4.14. The second kappa shape index (κ2) is 10.4. The highest BCUT2D eigenvalue weighted by Gasteiger charge is 2.13. The molecule has 0 aromatic carbocycles. The van der Waals surface area contributed by atoms with Gasteiger partial charge in [-0.15, -0.1) is 21.5 Å². The highest BCUT2D eigenvalue weighted by atomic mass is 32.2. The maximum Gasteiger partial charge on any atom is 0.321 e. The molecule has 0 atom stereocenters. The first-order valence-corrected chi connectivity index (χ1v) is 11.1. The SMILES string of the molecule is Cc1nc(Cc2nnc(SCC(=O)NC(=O)NCCC3=CCCCC3)o2)cs1. The van der Waals surface area contributed by atoms with Crippen molar-refractivity contribution in [2.45, 2.75) is 50.7 Å². The van der Waals surface area contributed by atoms with Crippen LogP contribution < -0.4 is 10.6 Å². The van der Waals surface area contributed by atoms with Crippen LogP contribution in [0.3, 0.4) is 0 Å². The molecule has 0 unspecified atom stereocenters. The second-order valence-electron chi connectivity index (χ2n) is 6.45. The molecule has 3 amide bonds. The van der Waals surface area contributed by atoms with Crippen molar-refractivity contribution in [2.75, 3.05) is 12.3 Å². The van der Waals surface area contributed by atoms with Crippen molar-refractivity contribution < 1.29 is 14.0 Å². The monoisotopic (exact) mass is 421 g/mol. The van der Waals surface area contributed by atoms with E-state index in [1.54, 1.807) is 11.3 Å². The molecule has 0 aliphatic heterocycles. The van der Waals surface area contributed by atoms with Crippen LogP contribution in [0.25, 0.3) is 0 Å². The largest absolute Gasteiger partial charge is 0.416 e. The quantitative estimate of drug-likeness (QED) is 0.497. The zero-order valence-electron chi connectivity index (χ0n) is 15.7. The third-order valence-corrected chi connectivity index (χ3v) is 5.78. The molecule has 10 heteroatoms. The van der Waals surface area contributed by atoms with Crippen molar-refractivity contribution >= 4 is 35.0 Å². The average Bonchev–Trinajstić information content (AvgIpc) is 3.30. The zero-order valence-corrected chi connectivity index (χ0v) is 17.3. The molecule has 8 nitrogen and oxygen atoms in total. The number of hydrogen-bond acceptors (Lipinski definition) is 8. The molecule has 2 heterocycles. The fraction of sp³-hybridized carbons (Fsp3) is 0.500. The van der Waals surface area contributed by atoms with Crippen LogP contribution in [0, 0.1) is 6.92 Å². The van der Waals surface area contributed by atoms with E-state index in [0.29, 0.717) is 24.1 Å². The molecule has 0 saturated carbocycles. The maximum absolute atomic E-state index is 11.9. The van der Waals surface area contributed by atoms with Gasteiger partial charge >= 0.3 is 6.03 Å². The molecule has 3 rings (SSSR count). The van der Waals surface area contributed by atoms with Crippen molar-refractivity contribution in [3.8, 4) is 0 Å². The second-order valence-corrected chi connectivity index (χ2v) is 8.44. The van der Waals surface area contributed by atoms with Gasteiger partial charge < -0.3 is 9.73 Å². The highest BCUT2D eigenvalue weighted by Crippen LogP contribution is 2.20. The summed E-state index contributed by atoms with van der Waals surface area (Å²) in [5, 5.41) is 16.1. The smallest absolute Gasteiger partial charge is 0.321 e. The van der Waals surface area contributed by atoms with Crippen molar-refractivity contribution in [1.29, 1.82) is 0 Å². The summed E-state index contributed by atoms with van der Waals surface area (Å²) in [6, 6.07) is -0.480. The number of amides is 3. The van der Waals surface area contributed by atoms with Gasteiger partial charge in [0, 0.05) is 11.9 Å². The van der Waals surface area contributed by atoms with Crippen molar-refractivity contribution in [3.63, 3.8) is 0 Å². The Balaban J connectivity index is 1.33. The van der Waals surface area contributed by atoms with E-state index in [1.807, 2.05) is 12.3 Å². The number of urea groups is 1. The number of allylic oxidation sites excluding steroid dienone is 1. The molecule has 2 aromatic rings. The normalized spacial score (nSPS) is 13.8. The molecule has 28 heavy (non-hydrogen) atoms.